The maximum atomic E-state index is 14.2. The van der Waals surface area contributed by atoms with Crippen molar-refractivity contribution in [1.82, 2.24) is 25.2 Å². The van der Waals surface area contributed by atoms with Crippen LogP contribution in [0.4, 0.5) is 5.95 Å². The Bertz CT molecular complexity index is 1250. The summed E-state index contributed by atoms with van der Waals surface area (Å²) in [6.07, 6.45) is 2.75. The third-order valence-corrected chi connectivity index (χ3v) is 12.9. The normalized spacial score (nSPS) is 33.0. The molecule has 2 aliphatic heterocycles. The summed E-state index contributed by atoms with van der Waals surface area (Å²) >= 11 is 1.05. The first-order valence-electron chi connectivity index (χ1n) is 16.5. The topological polar surface area (TPSA) is 139 Å². The van der Waals surface area contributed by atoms with Crippen molar-refractivity contribution in [2.45, 2.75) is 148 Å². The number of ether oxygens (including phenoxy) is 1. The number of thioether (sulfide) groups is 1. The molecule has 7 atom stereocenters. The van der Waals surface area contributed by atoms with E-state index in [1.165, 1.54) is 0 Å². The van der Waals surface area contributed by atoms with Crippen LogP contribution in [0.1, 0.15) is 109 Å². The highest BCUT2D eigenvalue weighted by atomic mass is 32.2. The number of hydrogen-bond acceptors (Lipinski definition) is 11. The second-order valence-corrected chi connectivity index (χ2v) is 17.6. The summed E-state index contributed by atoms with van der Waals surface area (Å²) in [5, 5.41) is 7.56. The number of esters is 1. The van der Waals surface area contributed by atoms with Crippen LogP contribution in [0, 0.1) is 17.8 Å². The average Bonchev–Trinajstić information content (AvgIpc) is 2.93. The first-order chi connectivity index (χ1) is 20.6. The largest absolute Gasteiger partial charge is 0.465 e. The Hall–Kier alpha value is -1.30. The van der Waals surface area contributed by atoms with E-state index in [1.807, 2.05) is 0 Å². The van der Waals surface area contributed by atoms with Gasteiger partial charge >= 0.3 is 13.6 Å². The highest BCUT2D eigenvalue weighted by molar-refractivity contribution is 7.99. The fourth-order valence-electron chi connectivity index (χ4n) is 7.67. The smallest absolute Gasteiger partial charge is 0.396 e. The Morgan fingerprint density at radius 3 is 2.31 bits per heavy atom. The fraction of sp³-hybridized carbons (Fsp3) is 0.875. The predicted molar refractivity (Wildman–Crippen MR) is 182 cm³/mol. The molecular formula is C32H59N6O5PS. The number of anilines is 1. The van der Waals surface area contributed by atoms with Gasteiger partial charge < -0.3 is 20.3 Å². The van der Waals surface area contributed by atoms with E-state index in [-0.39, 0.29) is 75.0 Å². The van der Waals surface area contributed by atoms with Crippen LogP contribution in [-0.2, 0) is 18.6 Å². The molecular weight excluding hydrogens is 611 g/mol. The van der Waals surface area contributed by atoms with Crippen LogP contribution in [0.3, 0.4) is 0 Å². The van der Waals surface area contributed by atoms with Gasteiger partial charge in [-0.2, -0.15) is 15.0 Å². The van der Waals surface area contributed by atoms with Crippen molar-refractivity contribution < 1.29 is 23.5 Å². The van der Waals surface area contributed by atoms with Gasteiger partial charge in [0.25, 0.3) is 0 Å². The van der Waals surface area contributed by atoms with Gasteiger partial charge in [0.15, 0.2) is 5.16 Å². The first kappa shape index (κ1) is 38.2. The second kappa shape index (κ2) is 14.0. The molecule has 0 spiro atoms. The monoisotopic (exact) mass is 670 g/mol. The highest BCUT2D eigenvalue weighted by Gasteiger charge is 2.53. The summed E-state index contributed by atoms with van der Waals surface area (Å²) < 4.78 is 25.5. The van der Waals surface area contributed by atoms with Gasteiger partial charge in [-0.15, -0.1) is 0 Å². The fourth-order valence-corrected chi connectivity index (χ4v) is 9.48. The zero-order valence-corrected chi connectivity index (χ0v) is 31.6. The summed E-state index contributed by atoms with van der Waals surface area (Å²) in [6.45, 7) is 25.9. The molecule has 3 heterocycles. The number of nitrogens with one attached hydrogen (secondary N) is 2. The Labute approximate surface area is 275 Å². The minimum Gasteiger partial charge on any atom is -0.465 e. The van der Waals surface area contributed by atoms with Gasteiger partial charge in [-0.3, -0.25) is 18.8 Å². The Morgan fingerprint density at radius 2 is 1.76 bits per heavy atom. The predicted octanol–water partition coefficient (Wildman–Crippen LogP) is 5.63. The van der Waals surface area contributed by atoms with Gasteiger partial charge in [-0.25, -0.2) is 0 Å². The lowest BCUT2D eigenvalue weighted by Crippen LogP contribution is -2.67. The summed E-state index contributed by atoms with van der Waals surface area (Å²) in [7, 11) is -2.42. The Morgan fingerprint density at radius 1 is 1.11 bits per heavy atom. The quantitative estimate of drug-likeness (QED) is 0.144. The molecule has 0 radical (unpaired) electrons. The molecule has 45 heavy (non-hydrogen) atoms. The molecule has 2 saturated heterocycles. The third-order valence-electron chi connectivity index (χ3n) is 10.9. The van der Waals surface area contributed by atoms with E-state index in [0.29, 0.717) is 6.42 Å². The number of likely N-dealkylation sites (tertiary alicyclic amines) is 1. The van der Waals surface area contributed by atoms with Crippen LogP contribution in [0.25, 0.3) is 0 Å². The van der Waals surface area contributed by atoms with Gasteiger partial charge in [-0.05, 0) is 93.0 Å². The Kier molecular flexibility index (Phi) is 11.9. The number of piperidine rings is 2. The highest BCUT2D eigenvalue weighted by Crippen LogP contribution is 2.51. The molecule has 0 saturated carbocycles. The summed E-state index contributed by atoms with van der Waals surface area (Å²) in [6, 6.07) is -0.0147. The zero-order valence-electron chi connectivity index (χ0n) is 29.9. The molecule has 0 bridgehead atoms. The molecule has 1 aromatic rings. The maximum Gasteiger partial charge on any atom is 0.396 e. The molecule has 0 amide bonds. The molecule has 1 aromatic heterocycles. The maximum absolute atomic E-state index is 14.2. The standard InChI is InChI=1S/C32H59N6O5PS/c1-14-31(11)17-22(21(6)32(12,15-2)37-31)33-26-34-27(36-28(35-26)45-19-24(39)42-16-3)44(40,41)43-23-18-29(7,8)38(13)30(9,10)25(23)20(4)5/h20-23,25,37H,14-19H2,1-13H3,(H,40,41)(H,33,34,35,36). The molecule has 3 rings (SSSR count). The number of carbonyl (C=O) groups is 1. The van der Waals surface area contributed by atoms with E-state index < -0.39 is 19.7 Å². The molecule has 0 aromatic carbocycles. The van der Waals surface area contributed by atoms with Crippen molar-refractivity contribution in [2.75, 3.05) is 24.7 Å². The van der Waals surface area contributed by atoms with Crippen LogP contribution in [0.5, 0.6) is 0 Å². The van der Waals surface area contributed by atoms with Crippen molar-refractivity contribution in [2.24, 2.45) is 17.8 Å². The van der Waals surface area contributed by atoms with Crippen molar-refractivity contribution >= 4 is 36.8 Å². The van der Waals surface area contributed by atoms with Crippen molar-refractivity contribution in [3.63, 3.8) is 0 Å². The minimum absolute atomic E-state index is 0.0147. The van der Waals surface area contributed by atoms with Gasteiger partial charge in [0.05, 0.1) is 18.5 Å². The van der Waals surface area contributed by atoms with Gasteiger partial charge in [0.1, 0.15) is 0 Å². The van der Waals surface area contributed by atoms with Crippen LogP contribution >= 0.6 is 19.4 Å². The lowest BCUT2D eigenvalue weighted by Gasteiger charge is -2.59. The average molecular weight is 671 g/mol. The SMILES string of the molecule is CCOC(=O)CSc1nc(NC2CC(C)(CC)NC(C)(CC)C2C)nc(P(=O)(O)OC2CC(C)(C)N(C)C(C)(C)C2C(C)C)n1. The molecule has 0 aliphatic carbocycles. The van der Waals surface area contributed by atoms with Crippen molar-refractivity contribution in [1.29, 1.82) is 0 Å². The summed E-state index contributed by atoms with van der Waals surface area (Å²) in [5.74, 6) is 0.113. The second-order valence-electron chi connectivity index (χ2n) is 15.1. The first-order valence-corrected chi connectivity index (χ1v) is 19.1. The molecule has 11 nitrogen and oxygen atoms in total. The van der Waals surface area contributed by atoms with Crippen LogP contribution in [-0.4, -0.2) is 84.4 Å². The van der Waals surface area contributed by atoms with Gasteiger partial charge in [0.2, 0.25) is 11.5 Å². The van der Waals surface area contributed by atoms with Crippen LogP contribution < -0.4 is 16.2 Å². The number of hydrogen-bond donors (Lipinski definition) is 3. The lowest BCUT2D eigenvalue weighted by atomic mass is 9.67. The number of nitrogens with zero attached hydrogens (tertiary/aromatic N) is 4. The zero-order chi connectivity index (χ0) is 34.2. The molecule has 2 aliphatic rings. The number of carbonyl (C=O) groups excluding carboxylic acids is 1. The van der Waals surface area contributed by atoms with E-state index in [1.54, 1.807) is 6.92 Å². The molecule has 2 fully saturated rings. The van der Waals surface area contributed by atoms with E-state index >= 15 is 0 Å². The lowest BCUT2D eigenvalue weighted by molar-refractivity contribution is -0.139. The number of rotatable bonds is 12. The van der Waals surface area contributed by atoms with E-state index in [9.17, 15) is 14.3 Å². The van der Waals surface area contributed by atoms with E-state index in [0.717, 1.165) is 31.0 Å². The third kappa shape index (κ3) is 8.41. The van der Waals surface area contributed by atoms with Crippen LogP contribution in [0.2, 0.25) is 0 Å². The van der Waals surface area contributed by atoms with Gasteiger partial charge in [0, 0.05) is 34.1 Å². The minimum atomic E-state index is -4.53. The molecule has 3 N–H and O–H groups in total. The molecule has 7 unspecified atom stereocenters. The van der Waals surface area contributed by atoms with Crippen molar-refractivity contribution in [3.05, 3.63) is 0 Å². The molecule has 258 valence electrons. The van der Waals surface area contributed by atoms with E-state index in [2.05, 4.69) is 114 Å². The Balaban J connectivity index is 2.03. The molecule has 13 heteroatoms. The summed E-state index contributed by atoms with van der Waals surface area (Å²) in [5.41, 5.74) is -1.12. The van der Waals surface area contributed by atoms with Crippen LogP contribution in [0.15, 0.2) is 5.16 Å². The van der Waals surface area contributed by atoms with E-state index in [4.69, 9.17) is 9.26 Å². The number of aromatic nitrogens is 3. The van der Waals surface area contributed by atoms with Gasteiger partial charge in [-0.1, -0.05) is 46.4 Å². The summed E-state index contributed by atoms with van der Waals surface area (Å²) in [4.78, 5) is 39.7. The van der Waals surface area contributed by atoms with Crippen molar-refractivity contribution in [3.8, 4) is 0 Å².